The van der Waals surface area contributed by atoms with Crippen LogP contribution in [0.4, 0.5) is 0 Å². The van der Waals surface area contributed by atoms with Gasteiger partial charge in [-0.25, -0.2) is 0 Å². The molecule has 0 spiro atoms. The van der Waals surface area contributed by atoms with Crippen molar-refractivity contribution in [1.82, 2.24) is 5.32 Å². The van der Waals surface area contributed by atoms with E-state index >= 15 is 0 Å². The maximum atomic E-state index is 11.6. The van der Waals surface area contributed by atoms with Crippen LogP contribution in [0.5, 0.6) is 0 Å². The number of halogens is 2. The molecule has 1 aliphatic carbocycles. The van der Waals surface area contributed by atoms with Crippen LogP contribution in [0.1, 0.15) is 31.2 Å². The summed E-state index contributed by atoms with van der Waals surface area (Å²) >= 11 is 12.0. The maximum Gasteiger partial charge on any atom is 0.308 e. The van der Waals surface area contributed by atoms with E-state index < -0.39 is 0 Å². The fourth-order valence-corrected chi connectivity index (χ4v) is 3.30. The number of hydrogen-bond acceptors (Lipinski definition) is 3. The Morgan fingerprint density at radius 3 is 2.65 bits per heavy atom. The van der Waals surface area contributed by atoms with Crippen LogP contribution in [0.2, 0.25) is 10.0 Å². The highest BCUT2D eigenvalue weighted by Gasteiger charge is 2.27. The molecule has 1 aromatic rings. The molecule has 0 aromatic heterocycles. The van der Waals surface area contributed by atoms with E-state index in [4.69, 9.17) is 27.9 Å². The Morgan fingerprint density at radius 1 is 1.30 bits per heavy atom. The van der Waals surface area contributed by atoms with Gasteiger partial charge < -0.3 is 10.1 Å². The van der Waals surface area contributed by atoms with E-state index in [0.717, 1.165) is 31.2 Å². The molecule has 1 aliphatic rings. The van der Waals surface area contributed by atoms with Crippen LogP contribution in [-0.2, 0) is 16.1 Å². The van der Waals surface area contributed by atoms with Gasteiger partial charge in [0.2, 0.25) is 0 Å². The minimum Gasteiger partial charge on any atom is -0.469 e. The Kier molecular flexibility index (Phi) is 5.70. The molecule has 2 unspecified atom stereocenters. The first kappa shape index (κ1) is 15.6. The zero-order valence-electron chi connectivity index (χ0n) is 11.5. The lowest BCUT2D eigenvalue weighted by molar-refractivity contribution is -0.146. The molecule has 0 saturated heterocycles. The normalized spacial score (nSPS) is 22.6. The standard InChI is InChI=1S/C15H19Cl2NO2/c1-20-15(19)11-3-2-4-14(7-11)18-9-10-5-12(16)8-13(17)6-10/h5-6,8,11,14,18H,2-4,7,9H2,1H3. The first-order chi connectivity index (χ1) is 9.58. The molecule has 1 aromatic carbocycles. The number of carbonyl (C=O) groups is 1. The highest BCUT2D eigenvalue weighted by Crippen LogP contribution is 2.26. The summed E-state index contributed by atoms with van der Waals surface area (Å²) in [4.78, 5) is 11.6. The van der Waals surface area contributed by atoms with Crippen molar-refractivity contribution in [2.75, 3.05) is 7.11 Å². The first-order valence-corrected chi connectivity index (χ1v) is 7.60. The fraction of sp³-hybridized carbons (Fsp3) is 0.533. The van der Waals surface area contributed by atoms with E-state index in [-0.39, 0.29) is 11.9 Å². The molecule has 1 saturated carbocycles. The molecule has 0 heterocycles. The second-order valence-corrected chi connectivity index (χ2v) is 6.12. The summed E-state index contributed by atoms with van der Waals surface area (Å²) < 4.78 is 4.83. The van der Waals surface area contributed by atoms with Crippen molar-refractivity contribution < 1.29 is 9.53 Å². The lowest BCUT2D eigenvalue weighted by Gasteiger charge is -2.28. The van der Waals surface area contributed by atoms with Crippen LogP contribution >= 0.6 is 23.2 Å². The topological polar surface area (TPSA) is 38.3 Å². The van der Waals surface area contributed by atoms with Crippen LogP contribution in [0.15, 0.2) is 18.2 Å². The van der Waals surface area contributed by atoms with Gasteiger partial charge in [-0.15, -0.1) is 0 Å². The zero-order chi connectivity index (χ0) is 14.5. The van der Waals surface area contributed by atoms with Crippen molar-refractivity contribution in [3.05, 3.63) is 33.8 Å². The third-order valence-corrected chi connectivity index (χ3v) is 4.16. The lowest BCUT2D eigenvalue weighted by Crippen LogP contribution is -2.36. The number of ether oxygens (including phenoxy) is 1. The van der Waals surface area contributed by atoms with E-state index in [0.29, 0.717) is 22.6 Å². The zero-order valence-corrected chi connectivity index (χ0v) is 13.0. The minimum absolute atomic E-state index is 0.0224. The highest BCUT2D eigenvalue weighted by molar-refractivity contribution is 6.34. The summed E-state index contributed by atoms with van der Waals surface area (Å²) in [5.41, 5.74) is 1.06. The summed E-state index contributed by atoms with van der Waals surface area (Å²) in [7, 11) is 1.45. The second-order valence-electron chi connectivity index (χ2n) is 5.24. The average Bonchev–Trinajstić information content (AvgIpc) is 2.43. The van der Waals surface area contributed by atoms with Gasteiger partial charge in [0.05, 0.1) is 13.0 Å². The van der Waals surface area contributed by atoms with Gasteiger partial charge in [0, 0.05) is 22.6 Å². The van der Waals surface area contributed by atoms with Gasteiger partial charge in [0.15, 0.2) is 0 Å². The molecule has 2 rings (SSSR count). The second kappa shape index (κ2) is 7.30. The molecule has 3 nitrogen and oxygen atoms in total. The number of rotatable bonds is 4. The Bertz CT molecular complexity index is 459. The number of hydrogen-bond donors (Lipinski definition) is 1. The molecular weight excluding hydrogens is 297 g/mol. The predicted molar refractivity (Wildman–Crippen MR) is 81.1 cm³/mol. The van der Waals surface area contributed by atoms with Crippen molar-refractivity contribution >= 4 is 29.2 Å². The van der Waals surface area contributed by atoms with Gasteiger partial charge in [-0.3, -0.25) is 4.79 Å². The molecule has 0 amide bonds. The van der Waals surface area contributed by atoms with Crippen LogP contribution < -0.4 is 5.32 Å². The van der Waals surface area contributed by atoms with Gasteiger partial charge in [0.1, 0.15) is 0 Å². The lowest BCUT2D eigenvalue weighted by atomic mass is 9.85. The van der Waals surface area contributed by atoms with Gasteiger partial charge >= 0.3 is 5.97 Å². The van der Waals surface area contributed by atoms with E-state index in [1.165, 1.54) is 7.11 Å². The fourth-order valence-electron chi connectivity index (χ4n) is 2.73. The van der Waals surface area contributed by atoms with Crippen LogP contribution in [-0.4, -0.2) is 19.1 Å². The minimum atomic E-state index is -0.0951. The summed E-state index contributed by atoms with van der Waals surface area (Å²) in [6.45, 7) is 0.707. The molecule has 0 aliphatic heterocycles. The number of esters is 1. The van der Waals surface area contributed by atoms with Crippen molar-refractivity contribution in [3.63, 3.8) is 0 Å². The van der Waals surface area contributed by atoms with Gasteiger partial charge in [-0.05, 0) is 43.0 Å². The molecule has 20 heavy (non-hydrogen) atoms. The Morgan fingerprint density at radius 2 is 2.00 bits per heavy atom. The molecule has 1 N–H and O–H groups in total. The van der Waals surface area contributed by atoms with Gasteiger partial charge in [0.25, 0.3) is 0 Å². The molecule has 1 fully saturated rings. The SMILES string of the molecule is COC(=O)C1CCCC(NCc2cc(Cl)cc(Cl)c2)C1. The monoisotopic (exact) mass is 315 g/mol. The Labute approximate surface area is 129 Å². The first-order valence-electron chi connectivity index (χ1n) is 6.84. The predicted octanol–water partition coefficient (Wildman–Crippen LogP) is 3.81. The third-order valence-electron chi connectivity index (χ3n) is 3.73. The maximum absolute atomic E-state index is 11.6. The van der Waals surface area contributed by atoms with E-state index in [1.54, 1.807) is 6.07 Å². The highest BCUT2D eigenvalue weighted by atomic mass is 35.5. The number of methoxy groups -OCH3 is 1. The van der Waals surface area contributed by atoms with E-state index in [9.17, 15) is 4.79 Å². The number of carbonyl (C=O) groups excluding carboxylic acids is 1. The Hall–Kier alpha value is -0.770. The number of nitrogens with one attached hydrogen (secondary N) is 1. The summed E-state index contributed by atoms with van der Waals surface area (Å²) in [6.07, 6.45) is 3.89. The summed E-state index contributed by atoms with van der Waals surface area (Å²) in [5, 5.41) is 4.76. The molecule has 5 heteroatoms. The smallest absolute Gasteiger partial charge is 0.308 e. The van der Waals surface area contributed by atoms with Gasteiger partial charge in [-0.1, -0.05) is 29.6 Å². The van der Waals surface area contributed by atoms with Crippen molar-refractivity contribution in [2.45, 2.75) is 38.3 Å². The van der Waals surface area contributed by atoms with Crippen LogP contribution in [0, 0.1) is 5.92 Å². The number of benzene rings is 1. The van der Waals surface area contributed by atoms with Crippen molar-refractivity contribution in [3.8, 4) is 0 Å². The molecule has 0 bridgehead atoms. The van der Waals surface area contributed by atoms with Crippen molar-refractivity contribution in [1.29, 1.82) is 0 Å². The van der Waals surface area contributed by atoms with Crippen LogP contribution in [0.3, 0.4) is 0 Å². The third kappa shape index (κ3) is 4.37. The molecule has 110 valence electrons. The molecule has 2 atom stereocenters. The summed E-state index contributed by atoms with van der Waals surface area (Å²) in [6, 6.07) is 5.87. The summed E-state index contributed by atoms with van der Waals surface area (Å²) in [5.74, 6) is -0.0727. The largest absolute Gasteiger partial charge is 0.469 e. The average molecular weight is 316 g/mol. The van der Waals surface area contributed by atoms with E-state index in [2.05, 4.69) is 5.32 Å². The molecule has 0 radical (unpaired) electrons. The van der Waals surface area contributed by atoms with Gasteiger partial charge in [-0.2, -0.15) is 0 Å². The Balaban J connectivity index is 1.88. The van der Waals surface area contributed by atoms with Crippen LogP contribution in [0.25, 0.3) is 0 Å². The quantitative estimate of drug-likeness (QED) is 0.858. The van der Waals surface area contributed by atoms with Crippen molar-refractivity contribution in [2.24, 2.45) is 5.92 Å². The van der Waals surface area contributed by atoms with E-state index in [1.807, 2.05) is 12.1 Å². The molecular formula is C15H19Cl2NO2.